The van der Waals surface area contributed by atoms with E-state index in [2.05, 4.69) is 39.6 Å². The number of anilines is 1. The van der Waals surface area contributed by atoms with Crippen LogP contribution in [0.5, 0.6) is 0 Å². The molecular formula is C19H29N3O. The van der Waals surface area contributed by atoms with Crippen LogP contribution in [0.2, 0.25) is 0 Å². The summed E-state index contributed by atoms with van der Waals surface area (Å²) in [4.78, 5) is 14.7. The van der Waals surface area contributed by atoms with E-state index in [1.54, 1.807) is 0 Å². The quantitative estimate of drug-likeness (QED) is 0.867. The number of carbonyl (C=O) groups is 1. The first-order chi connectivity index (χ1) is 11.3. The van der Waals surface area contributed by atoms with Crippen LogP contribution in [0.4, 0.5) is 5.69 Å². The van der Waals surface area contributed by atoms with E-state index >= 15 is 0 Å². The fourth-order valence-electron chi connectivity index (χ4n) is 3.77. The molecule has 2 fully saturated rings. The second-order valence-electron chi connectivity index (χ2n) is 6.91. The molecule has 0 spiro atoms. The third-order valence-corrected chi connectivity index (χ3v) is 5.13. The lowest BCUT2D eigenvalue weighted by Crippen LogP contribution is -2.53. The molecule has 0 atom stereocenters. The molecule has 1 saturated carbocycles. The maximum absolute atomic E-state index is 12.3. The molecule has 1 heterocycles. The number of hydrazine groups is 1. The number of amides is 1. The van der Waals surface area contributed by atoms with E-state index in [1.807, 2.05) is 6.07 Å². The van der Waals surface area contributed by atoms with Crippen LogP contribution < -0.4 is 10.3 Å². The van der Waals surface area contributed by atoms with Crippen LogP contribution in [0.3, 0.4) is 0 Å². The lowest BCUT2D eigenvalue weighted by atomic mass is 9.96. The maximum atomic E-state index is 12.3. The minimum atomic E-state index is 0.213. The van der Waals surface area contributed by atoms with Crippen molar-refractivity contribution in [3.63, 3.8) is 0 Å². The summed E-state index contributed by atoms with van der Waals surface area (Å²) in [5, 5.41) is 2.10. The Hall–Kier alpha value is -1.55. The number of piperazine rings is 1. The first-order valence-electron chi connectivity index (χ1n) is 9.16. The first-order valence-corrected chi connectivity index (χ1v) is 9.16. The van der Waals surface area contributed by atoms with E-state index in [9.17, 15) is 4.79 Å². The number of nitrogens with zero attached hydrogens (tertiary/aromatic N) is 2. The standard InChI is InChI=1S/C19H29N3O/c23-19(16-17-8-4-1-2-5-9-17)20-22-14-12-21(13-15-22)18-10-6-3-7-11-18/h3,6-7,10-11,17H,1-2,4-5,8-9,12-16H2,(H,20,23). The van der Waals surface area contributed by atoms with Gasteiger partial charge in [0.1, 0.15) is 0 Å². The van der Waals surface area contributed by atoms with Gasteiger partial charge in [0.2, 0.25) is 5.91 Å². The van der Waals surface area contributed by atoms with Gasteiger partial charge in [-0.3, -0.25) is 10.2 Å². The largest absolute Gasteiger partial charge is 0.369 e. The van der Waals surface area contributed by atoms with Crippen molar-refractivity contribution in [3.05, 3.63) is 30.3 Å². The van der Waals surface area contributed by atoms with Gasteiger partial charge in [0, 0.05) is 38.3 Å². The van der Waals surface area contributed by atoms with Gasteiger partial charge in [-0.1, -0.05) is 43.9 Å². The number of benzene rings is 1. The van der Waals surface area contributed by atoms with Crippen molar-refractivity contribution < 1.29 is 4.79 Å². The molecule has 1 aromatic rings. The van der Waals surface area contributed by atoms with Crippen molar-refractivity contribution in [1.82, 2.24) is 10.4 Å². The summed E-state index contributed by atoms with van der Waals surface area (Å²) in [5.74, 6) is 0.813. The van der Waals surface area contributed by atoms with Crippen LogP contribution in [0.15, 0.2) is 30.3 Å². The third kappa shape index (κ3) is 4.96. The van der Waals surface area contributed by atoms with Crippen molar-refractivity contribution in [3.8, 4) is 0 Å². The second kappa shape index (κ2) is 8.34. The van der Waals surface area contributed by atoms with E-state index < -0.39 is 0 Å². The van der Waals surface area contributed by atoms with Crippen LogP contribution >= 0.6 is 0 Å². The molecule has 1 aliphatic heterocycles. The fourth-order valence-corrected chi connectivity index (χ4v) is 3.77. The predicted molar refractivity (Wildman–Crippen MR) is 94.2 cm³/mol. The second-order valence-corrected chi connectivity index (χ2v) is 6.91. The summed E-state index contributed by atoms with van der Waals surface area (Å²) in [6.07, 6.45) is 8.46. The zero-order chi connectivity index (χ0) is 15.9. The number of hydrogen-bond donors (Lipinski definition) is 1. The highest BCUT2D eigenvalue weighted by Crippen LogP contribution is 2.25. The molecule has 1 amide bonds. The normalized spacial score (nSPS) is 21.0. The molecule has 23 heavy (non-hydrogen) atoms. The number of hydrogen-bond acceptors (Lipinski definition) is 3. The van der Waals surface area contributed by atoms with Gasteiger partial charge in [-0.25, -0.2) is 5.01 Å². The molecule has 0 radical (unpaired) electrons. The summed E-state index contributed by atoms with van der Waals surface area (Å²) in [6.45, 7) is 3.72. The Morgan fingerprint density at radius 2 is 1.61 bits per heavy atom. The molecule has 0 aromatic heterocycles. The van der Waals surface area contributed by atoms with E-state index in [-0.39, 0.29) is 5.91 Å². The van der Waals surface area contributed by atoms with Gasteiger partial charge in [0.25, 0.3) is 0 Å². The Bertz CT molecular complexity index is 475. The SMILES string of the molecule is O=C(CC1CCCCCC1)NN1CCN(c2ccccc2)CC1. The third-order valence-electron chi connectivity index (χ3n) is 5.13. The Morgan fingerprint density at radius 1 is 0.957 bits per heavy atom. The topological polar surface area (TPSA) is 35.6 Å². The Balaban J connectivity index is 1.40. The van der Waals surface area contributed by atoms with Crippen molar-refractivity contribution in [2.24, 2.45) is 5.92 Å². The lowest BCUT2D eigenvalue weighted by molar-refractivity contribution is -0.127. The summed E-state index contributed by atoms with van der Waals surface area (Å²) in [5.41, 5.74) is 4.40. The van der Waals surface area contributed by atoms with Gasteiger partial charge >= 0.3 is 0 Å². The number of carbonyl (C=O) groups excluding carboxylic acids is 1. The van der Waals surface area contributed by atoms with Crippen LogP contribution in [0, 0.1) is 5.92 Å². The Labute approximate surface area is 139 Å². The van der Waals surface area contributed by atoms with Crippen molar-refractivity contribution in [2.45, 2.75) is 44.9 Å². The number of nitrogens with one attached hydrogen (secondary N) is 1. The van der Waals surface area contributed by atoms with Crippen molar-refractivity contribution in [1.29, 1.82) is 0 Å². The zero-order valence-corrected chi connectivity index (χ0v) is 14.0. The monoisotopic (exact) mass is 315 g/mol. The van der Waals surface area contributed by atoms with Crippen molar-refractivity contribution >= 4 is 11.6 Å². The van der Waals surface area contributed by atoms with Gasteiger partial charge in [0.05, 0.1) is 0 Å². The van der Waals surface area contributed by atoms with E-state index in [0.717, 1.165) is 26.2 Å². The average Bonchev–Trinajstić information content (AvgIpc) is 2.85. The van der Waals surface area contributed by atoms with Crippen molar-refractivity contribution in [2.75, 3.05) is 31.1 Å². The lowest BCUT2D eigenvalue weighted by Gasteiger charge is -2.36. The average molecular weight is 315 g/mol. The summed E-state index contributed by atoms with van der Waals surface area (Å²) in [7, 11) is 0. The highest BCUT2D eigenvalue weighted by molar-refractivity contribution is 5.75. The highest BCUT2D eigenvalue weighted by atomic mass is 16.2. The predicted octanol–water partition coefficient (Wildman–Crippen LogP) is 3.20. The van der Waals surface area contributed by atoms with Gasteiger partial charge in [0.15, 0.2) is 0 Å². The molecule has 1 aliphatic carbocycles. The highest BCUT2D eigenvalue weighted by Gasteiger charge is 2.21. The minimum absolute atomic E-state index is 0.213. The Kier molecular flexibility index (Phi) is 5.92. The van der Waals surface area contributed by atoms with Crippen LogP contribution in [0.1, 0.15) is 44.9 Å². The number of rotatable bonds is 4. The summed E-state index contributed by atoms with van der Waals surface area (Å²) >= 11 is 0. The molecule has 0 unspecified atom stereocenters. The maximum Gasteiger partial charge on any atom is 0.234 e. The molecular weight excluding hydrogens is 286 g/mol. The molecule has 3 rings (SSSR count). The van der Waals surface area contributed by atoms with Gasteiger partial charge in [-0.05, 0) is 30.9 Å². The van der Waals surface area contributed by atoms with Crippen LogP contribution in [0.25, 0.3) is 0 Å². The molecule has 1 saturated heterocycles. The van der Waals surface area contributed by atoms with E-state index in [0.29, 0.717) is 12.3 Å². The summed E-state index contributed by atoms with van der Waals surface area (Å²) < 4.78 is 0. The van der Waals surface area contributed by atoms with Gasteiger partial charge in [-0.2, -0.15) is 0 Å². The van der Waals surface area contributed by atoms with Gasteiger partial charge in [-0.15, -0.1) is 0 Å². The smallest absolute Gasteiger partial charge is 0.234 e. The van der Waals surface area contributed by atoms with Crippen LogP contribution in [-0.4, -0.2) is 37.1 Å². The fraction of sp³-hybridized carbons (Fsp3) is 0.632. The summed E-state index contributed by atoms with van der Waals surface area (Å²) in [6, 6.07) is 10.5. The molecule has 126 valence electrons. The first kappa shape index (κ1) is 16.3. The molecule has 1 aromatic carbocycles. The van der Waals surface area contributed by atoms with E-state index in [1.165, 1.54) is 44.2 Å². The van der Waals surface area contributed by atoms with E-state index in [4.69, 9.17) is 0 Å². The minimum Gasteiger partial charge on any atom is -0.369 e. The van der Waals surface area contributed by atoms with Gasteiger partial charge < -0.3 is 4.90 Å². The Morgan fingerprint density at radius 3 is 2.26 bits per heavy atom. The molecule has 4 nitrogen and oxygen atoms in total. The molecule has 0 bridgehead atoms. The number of para-hydroxylation sites is 1. The van der Waals surface area contributed by atoms with Crippen LogP contribution in [-0.2, 0) is 4.79 Å². The molecule has 4 heteroatoms. The molecule has 2 aliphatic rings. The molecule has 1 N–H and O–H groups in total. The zero-order valence-electron chi connectivity index (χ0n) is 14.0.